The molecule has 0 bridgehead atoms. The van der Waals surface area contributed by atoms with Crippen molar-refractivity contribution in [1.82, 2.24) is 0 Å². The van der Waals surface area contributed by atoms with E-state index in [1.54, 1.807) is 26.2 Å². The van der Waals surface area contributed by atoms with Crippen LogP contribution in [0.2, 0.25) is 5.02 Å². The van der Waals surface area contributed by atoms with E-state index in [1.165, 1.54) is 12.1 Å². The van der Waals surface area contributed by atoms with E-state index in [0.717, 1.165) is 11.3 Å². The number of benzene rings is 2. The van der Waals surface area contributed by atoms with Gasteiger partial charge in [0, 0.05) is 6.07 Å². The first kappa shape index (κ1) is 17.3. The third-order valence-electron chi connectivity index (χ3n) is 3.01. The highest BCUT2D eigenvalue weighted by Crippen LogP contribution is 2.35. The maximum absolute atomic E-state index is 12.3. The third kappa shape index (κ3) is 4.96. The first-order valence-electron chi connectivity index (χ1n) is 6.60. The van der Waals surface area contributed by atoms with Crippen LogP contribution in [0.5, 0.6) is 17.2 Å². The van der Waals surface area contributed by atoms with Gasteiger partial charge in [-0.15, -0.1) is 13.2 Å². The van der Waals surface area contributed by atoms with Gasteiger partial charge < -0.3 is 14.2 Å². The normalized spacial score (nSPS) is 11.2. The van der Waals surface area contributed by atoms with Crippen molar-refractivity contribution in [1.29, 1.82) is 0 Å². The molecule has 0 spiro atoms. The Kier molecular flexibility index (Phi) is 5.26. The van der Waals surface area contributed by atoms with Gasteiger partial charge in [0.1, 0.15) is 23.9 Å². The largest absolute Gasteiger partial charge is 0.573 e. The predicted octanol–water partition coefficient (Wildman–Crippen LogP) is 5.13. The lowest BCUT2D eigenvalue weighted by Crippen LogP contribution is -2.17. The van der Waals surface area contributed by atoms with Gasteiger partial charge in [0.25, 0.3) is 0 Å². The van der Waals surface area contributed by atoms with Crippen molar-refractivity contribution >= 4 is 11.6 Å². The summed E-state index contributed by atoms with van der Waals surface area (Å²) in [6.45, 7) is 1.86. The van der Waals surface area contributed by atoms with Crippen molar-refractivity contribution in [3.63, 3.8) is 0 Å². The summed E-state index contributed by atoms with van der Waals surface area (Å²) in [6, 6.07) is 9.74. The van der Waals surface area contributed by atoms with E-state index < -0.39 is 12.1 Å². The topological polar surface area (TPSA) is 27.7 Å². The molecule has 2 aromatic carbocycles. The van der Waals surface area contributed by atoms with Crippen LogP contribution in [-0.2, 0) is 6.61 Å². The molecule has 0 aliphatic rings. The number of hydrogen-bond donors (Lipinski definition) is 0. The van der Waals surface area contributed by atoms with Gasteiger partial charge in [0.2, 0.25) is 0 Å². The zero-order chi connectivity index (χ0) is 17.0. The van der Waals surface area contributed by atoms with Crippen LogP contribution in [-0.4, -0.2) is 13.5 Å². The summed E-state index contributed by atoms with van der Waals surface area (Å²) in [5, 5.41) is -0.169. The van der Waals surface area contributed by atoms with E-state index in [1.807, 2.05) is 12.1 Å². The molecule has 0 aromatic heterocycles. The lowest BCUT2D eigenvalue weighted by molar-refractivity contribution is -0.274. The molecule has 2 rings (SSSR count). The van der Waals surface area contributed by atoms with Gasteiger partial charge in [-0.05, 0) is 36.2 Å². The number of ether oxygens (including phenoxy) is 3. The van der Waals surface area contributed by atoms with E-state index in [4.69, 9.17) is 21.1 Å². The van der Waals surface area contributed by atoms with Gasteiger partial charge in [-0.1, -0.05) is 23.7 Å². The second kappa shape index (κ2) is 7.00. The molecule has 0 radical (unpaired) electrons. The lowest BCUT2D eigenvalue weighted by atomic mass is 10.2. The SMILES string of the molecule is COc1ccc(COc2cc(Cl)c(OC(F)(F)F)cc2C)cc1. The van der Waals surface area contributed by atoms with Crippen LogP contribution in [0.3, 0.4) is 0 Å². The Balaban J connectivity index is 2.09. The molecule has 0 heterocycles. The standard InChI is InChI=1S/C16H14ClF3O3/c1-10-7-15(23-16(18,19)20)13(17)8-14(10)22-9-11-3-5-12(21-2)6-4-11/h3-8H,9H2,1-2H3. The molecule has 7 heteroatoms. The van der Waals surface area contributed by atoms with Gasteiger partial charge in [-0.25, -0.2) is 0 Å². The van der Waals surface area contributed by atoms with Crippen LogP contribution in [0.1, 0.15) is 11.1 Å². The number of hydrogen-bond acceptors (Lipinski definition) is 3. The Morgan fingerprint density at radius 2 is 1.70 bits per heavy atom. The van der Waals surface area contributed by atoms with Gasteiger partial charge in [0.05, 0.1) is 12.1 Å². The fourth-order valence-corrected chi connectivity index (χ4v) is 2.07. The molecule has 0 N–H and O–H groups in total. The van der Waals surface area contributed by atoms with Gasteiger partial charge >= 0.3 is 6.36 Å². The Morgan fingerprint density at radius 1 is 1.04 bits per heavy atom. The molecular formula is C16H14ClF3O3. The van der Waals surface area contributed by atoms with Crippen molar-refractivity contribution < 1.29 is 27.4 Å². The maximum atomic E-state index is 12.3. The molecule has 0 saturated carbocycles. The van der Waals surface area contributed by atoms with E-state index in [-0.39, 0.29) is 11.6 Å². The lowest BCUT2D eigenvalue weighted by Gasteiger charge is -2.14. The monoisotopic (exact) mass is 346 g/mol. The Hall–Kier alpha value is -2.08. The number of halogens is 4. The van der Waals surface area contributed by atoms with Crippen molar-refractivity contribution in [3.8, 4) is 17.2 Å². The number of methoxy groups -OCH3 is 1. The fourth-order valence-electron chi connectivity index (χ4n) is 1.88. The summed E-state index contributed by atoms with van der Waals surface area (Å²) in [5.41, 5.74) is 1.37. The first-order chi connectivity index (χ1) is 10.8. The highest BCUT2D eigenvalue weighted by atomic mass is 35.5. The second-order valence-electron chi connectivity index (χ2n) is 4.73. The van der Waals surface area contributed by atoms with Crippen molar-refractivity contribution in [3.05, 3.63) is 52.5 Å². The van der Waals surface area contributed by atoms with Crippen molar-refractivity contribution in [2.45, 2.75) is 19.9 Å². The summed E-state index contributed by atoms with van der Waals surface area (Å²) >= 11 is 5.81. The Labute approximate surface area is 136 Å². The average molecular weight is 347 g/mol. The average Bonchev–Trinajstić information content (AvgIpc) is 2.48. The molecule has 0 saturated heterocycles. The fraction of sp³-hybridized carbons (Fsp3) is 0.250. The summed E-state index contributed by atoms with van der Waals surface area (Å²) < 4.78 is 51.3. The molecule has 0 atom stereocenters. The van der Waals surface area contributed by atoms with Gasteiger partial charge in [0.15, 0.2) is 0 Å². The smallest absolute Gasteiger partial charge is 0.497 e. The van der Waals surface area contributed by atoms with E-state index in [9.17, 15) is 13.2 Å². The van der Waals surface area contributed by atoms with Gasteiger partial charge in [-0.2, -0.15) is 0 Å². The van der Waals surface area contributed by atoms with Crippen LogP contribution in [0, 0.1) is 6.92 Å². The third-order valence-corrected chi connectivity index (χ3v) is 3.30. The molecule has 0 aliphatic heterocycles. The Morgan fingerprint density at radius 3 is 2.26 bits per heavy atom. The Bertz CT molecular complexity index is 670. The molecule has 23 heavy (non-hydrogen) atoms. The van der Waals surface area contributed by atoms with E-state index in [0.29, 0.717) is 11.3 Å². The molecular weight excluding hydrogens is 333 g/mol. The minimum absolute atomic E-state index is 0.169. The molecule has 3 nitrogen and oxygen atoms in total. The first-order valence-corrected chi connectivity index (χ1v) is 6.98. The maximum Gasteiger partial charge on any atom is 0.573 e. The summed E-state index contributed by atoms with van der Waals surface area (Å²) in [7, 11) is 1.57. The highest BCUT2D eigenvalue weighted by molar-refractivity contribution is 6.32. The zero-order valence-corrected chi connectivity index (χ0v) is 13.2. The molecule has 0 amide bonds. The van der Waals surface area contributed by atoms with E-state index in [2.05, 4.69) is 4.74 Å². The van der Waals surface area contributed by atoms with Crippen LogP contribution in [0.15, 0.2) is 36.4 Å². The molecule has 0 aliphatic carbocycles. The number of aryl methyl sites for hydroxylation is 1. The molecule has 2 aromatic rings. The predicted molar refractivity (Wildman–Crippen MR) is 80.2 cm³/mol. The van der Waals surface area contributed by atoms with Crippen molar-refractivity contribution in [2.24, 2.45) is 0 Å². The van der Waals surface area contributed by atoms with Crippen LogP contribution < -0.4 is 14.2 Å². The summed E-state index contributed by atoms with van der Waals surface area (Å²) in [5.74, 6) is 0.662. The highest BCUT2D eigenvalue weighted by Gasteiger charge is 2.32. The quantitative estimate of drug-likeness (QED) is 0.750. The second-order valence-corrected chi connectivity index (χ2v) is 5.14. The molecule has 0 unspecified atom stereocenters. The minimum atomic E-state index is -4.79. The number of rotatable bonds is 5. The number of alkyl halides is 3. The summed E-state index contributed by atoms with van der Waals surface area (Å²) in [4.78, 5) is 0. The molecule has 124 valence electrons. The van der Waals surface area contributed by atoms with Crippen LogP contribution in [0.25, 0.3) is 0 Å². The van der Waals surface area contributed by atoms with Crippen LogP contribution >= 0.6 is 11.6 Å². The molecule has 0 fully saturated rings. The summed E-state index contributed by atoms with van der Waals surface area (Å²) in [6.07, 6.45) is -4.79. The van der Waals surface area contributed by atoms with Gasteiger partial charge in [-0.3, -0.25) is 0 Å². The van der Waals surface area contributed by atoms with Crippen LogP contribution in [0.4, 0.5) is 13.2 Å². The van der Waals surface area contributed by atoms with Crippen molar-refractivity contribution in [2.75, 3.05) is 7.11 Å². The minimum Gasteiger partial charge on any atom is -0.497 e. The zero-order valence-electron chi connectivity index (χ0n) is 12.4. The van der Waals surface area contributed by atoms with E-state index >= 15 is 0 Å².